The molecule has 2 aromatic rings. The van der Waals surface area contributed by atoms with E-state index in [4.69, 9.17) is 4.74 Å². The molecule has 0 radical (unpaired) electrons. The molecule has 5 rings (SSSR count). The molecular weight excluding hydrogens is 365 g/mol. The third-order valence-electron chi connectivity index (χ3n) is 6.59. The Morgan fingerprint density at radius 1 is 1.14 bits per heavy atom. The lowest BCUT2D eigenvalue weighted by molar-refractivity contribution is -0.145. The van der Waals surface area contributed by atoms with Crippen molar-refractivity contribution in [3.63, 3.8) is 0 Å². The van der Waals surface area contributed by atoms with Gasteiger partial charge in [0.15, 0.2) is 0 Å². The summed E-state index contributed by atoms with van der Waals surface area (Å²) in [5.41, 5.74) is 4.43. The van der Waals surface area contributed by atoms with Crippen LogP contribution in [0, 0.1) is 35.4 Å². The zero-order valence-electron chi connectivity index (χ0n) is 16.5. The highest BCUT2D eigenvalue weighted by atomic mass is 19.1. The molecule has 2 aromatic carbocycles. The smallest absolute Gasteiger partial charge is 0.309 e. The molecule has 2 fully saturated rings. The second-order valence-electron chi connectivity index (χ2n) is 8.29. The van der Waals surface area contributed by atoms with E-state index in [0.717, 1.165) is 31.5 Å². The molecule has 0 aromatic heterocycles. The van der Waals surface area contributed by atoms with Crippen LogP contribution in [0.4, 0.5) is 4.39 Å². The van der Waals surface area contributed by atoms with Gasteiger partial charge >= 0.3 is 5.97 Å². The fourth-order valence-corrected chi connectivity index (χ4v) is 5.16. The Morgan fingerprint density at radius 3 is 2.62 bits per heavy atom. The number of rotatable bonds is 3. The van der Waals surface area contributed by atoms with Gasteiger partial charge in [0.05, 0.1) is 12.5 Å². The highest BCUT2D eigenvalue weighted by Gasteiger charge is 2.61. The minimum atomic E-state index is -0.262. The molecule has 148 valence electrons. The molecular formula is C25H24FNO2. The van der Waals surface area contributed by atoms with Crippen molar-refractivity contribution in [1.82, 2.24) is 4.90 Å². The van der Waals surface area contributed by atoms with E-state index in [-0.39, 0.29) is 17.7 Å². The molecule has 1 heterocycles. The van der Waals surface area contributed by atoms with Gasteiger partial charge in [-0.1, -0.05) is 24.0 Å². The molecule has 29 heavy (non-hydrogen) atoms. The van der Waals surface area contributed by atoms with E-state index in [2.05, 4.69) is 34.9 Å². The van der Waals surface area contributed by atoms with Gasteiger partial charge in [0.1, 0.15) is 5.82 Å². The number of halogens is 1. The van der Waals surface area contributed by atoms with Crippen LogP contribution in [0.1, 0.15) is 41.6 Å². The van der Waals surface area contributed by atoms with E-state index < -0.39 is 0 Å². The number of aryl methyl sites for hydroxylation is 1. The lowest BCUT2D eigenvalue weighted by atomic mass is 10.0. The Balaban J connectivity index is 1.26. The third kappa shape index (κ3) is 3.45. The Bertz CT molecular complexity index is 1010. The second kappa shape index (κ2) is 7.31. The van der Waals surface area contributed by atoms with Gasteiger partial charge in [-0.25, -0.2) is 4.39 Å². The number of nitrogens with zero attached hydrogens (tertiary/aromatic N) is 1. The fourth-order valence-electron chi connectivity index (χ4n) is 5.16. The van der Waals surface area contributed by atoms with E-state index in [1.54, 1.807) is 6.07 Å². The third-order valence-corrected chi connectivity index (χ3v) is 6.59. The van der Waals surface area contributed by atoms with Crippen LogP contribution in [-0.2, 0) is 16.0 Å². The van der Waals surface area contributed by atoms with E-state index >= 15 is 0 Å². The summed E-state index contributed by atoms with van der Waals surface area (Å²) in [6.07, 6.45) is 2.18. The van der Waals surface area contributed by atoms with Crippen molar-refractivity contribution in [3.8, 4) is 11.8 Å². The number of hydrogen-bond acceptors (Lipinski definition) is 3. The summed E-state index contributed by atoms with van der Waals surface area (Å²) in [5.74, 6) is 7.05. The van der Waals surface area contributed by atoms with Gasteiger partial charge in [0.2, 0.25) is 0 Å². The average molecular weight is 389 g/mol. The zero-order valence-corrected chi connectivity index (χ0v) is 16.5. The predicted molar refractivity (Wildman–Crippen MR) is 109 cm³/mol. The van der Waals surface area contributed by atoms with Gasteiger partial charge < -0.3 is 4.74 Å². The van der Waals surface area contributed by atoms with Crippen molar-refractivity contribution in [1.29, 1.82) is 0 Å². The zero-order chi connectivity index (χ0) is 20.0. The van der Waals surface area contributed by atoms with Crippen LogP contribution in [0.15, 0.2) is 42.5 Å². The monoisotopic (exact) mass is 389 g/mol. The first-order valence-corrected chi connectivity index (χ1v) is 10.4. The molecule has 3 aliphatic rings. The molecule has 0 spiro atoms. The number of ether oxygens (including phenoxy) is 1. The molecule has 2 aliphatic carbocycles. The van der Waals surface area contributed by atoms with Crippen molar-refractivity contribution in [2.75, 3.05) is 19.7 Å². The maximum absolute atomic E-state index is 13.3. The van der Waals surface area contributed by atoms with Gasteiger partial charge in [0, 0.05) is 30.3 Å². The molecule has 1 aliphatic heterocycles. The number of carbonyl (C=O) groups excluding carboxylic acids is 1. The number of carbonyl (C=O) groups is 1. The van der Waals surface area contributed by atoms with E-state index in [1.165, 1.54) is 23.3 Å². The fraction of sp³-hybridized carbons (Fsp3) is 0.400. The van der Waals surface area contributed by atoms with Crippen LogP contribution in [-0.4, -0.2) is 30.6 Å². The lowest BCUT2D eigenvalue weighted by Gasteiger charge is -2.27. The first-order chi connectivity index (χ1) is 14.1. The van der Waals surface area contributed by atoms with Crippen molar-refractivity contribution in [2.24, 2.45) is 17.8 Å². The molecule has 1 saturated carbocycles. The summed E-state index contributed by atoms with van der Waals surface area (Å²) < 4.78 is 18.5. The van der Waals surface area contributed by atoms with Crippen LogP contribution in [0.5, 0.6) is 0 Å². The van der Waals surface area contributed by atoms with E-state index in [0.29, 0.717) is 30.0 Å². The summed E-state index contributed by atoms with van der Waals surface area (Å²) in [5, 5.41) is 0. The molecule has 0 amide bonds. The summed E-state index contributed by atoms with van der Waals surface area (Å²) >= 11 is 0. The molecule has 4 atom stereocenters. The minimum Gasteiger partial charge on any atom is -0.466 e. The molecule has 3 nitrogen and oxygen atoms in total. The summed E-state index contributed by atoms with van der Waals surface area (Å²) in [6.45, 7) is 4.34. The largest absolute Gasteiger partial charge is 0.466 e. The SMILES string of the molecule is CCOC(=O)[C@@H]1[C@@H]2CN(C3CCc4cc(C#Cc5cccc(F)c5)ccc43)C[C@@H]21. The van der Waals surface area contributed by atoms with Crippen LogP contribution in [0.25, 0.3) is 0 Å². The first-order valence-electron chi connectivity index (χ1n) is 10.4. The number of benzene rings is 2. The van der Waals surface area contributed by atoms with Crippen molar-refractivity contribution in [3.05, 3.63) is 70.5 Å². The Hall–Kier alpha value is -2.64. The number of fused-ring (bicyclic) bond motifs is 2. The number of likely N-dealkylation sites (tertiary alicyclic amines) is 1. The van der Waals surface area contributed by atoms with Crippen molar-refractivity contribution in [2.45, 2.75) is 25.8 Å². The van der Waals surface area contributed by atoms with E-state index in [9.17, 15) is 9.18 Å². The molecule has 1 unspecified atom stereocenters. The second-order valence-corrected chi connectivity index (χ2v) is 8.29. The lowest BCUT2D eigenvalue weighted by Crippen LogP contribution is -2.30. The normalized spacial score (nSPS) is 27.0. The Labute approximate surface area is 170 Å². The quantitative estimate of drug-likeness (QED) is 0.588. The predicted octanol–water partition coefficient (Wildman–Crippen LogP) is 3.95. The topological polar surface area (TPSA) is 29.5 Å². The van der Waals surface area contributed by atoms with Crippen LogP contribution >= 0.6 is 0 Å². The van der Waals surface area contributed by atoms with Gasteiger partial charge in [-0.05, 0) is 73.1 Å². The van der Waals surface area contributed by atoms with Crippen LogP contribution in [0.3, 0.4) is 0 Å². The van der Waals surface area contributed by atoms with Crippen molar-refractivity contribution < 1.29 is 13.9 Å². The Kier molecular flexibility index (Phi) is 4.64. The van der Waals surface area contributed by atoms with Gasteiger partial charge in [-0.15, -0.1) is 0 Å². The van der Waals surface area contributed by atoms with Crippen LogP contribution in [0.2, 0.25) is 0 Å². The average Bonchev–Trinajstić information content (AvgIpc) is 3.04. The summed E-state index contributed by atoms with van der Waals surface area (Å²) in [7, 11) is 0. The van der Waals surface area contributed by atoms with Crippen LogP contribution < -0.4 is 0 Å². The summed E-state index contributed by atoms with van der Waals surface area (Å²) in [4.78, 5) is 14.5. The maximum atomic E-state index is 13.3. The maximum Gasteiger partial charge on any atom is 0.309 e. The number of hydrogen-bond donors (Lipinski definition) is 0. The van der Waals surface area contributed by atoms with Gasteiger partial charge in [0.25, 0.3) is 0 Å². The molecule has 4 heteroatoms. The summed E-state index contributed by atoms with van der Waals surface area (Å²) in [6, 6.07) is 13.3. The molecule has 1 saturated heterocycles. The van der Waals surface area contributed by atoms with Gasteiger partial charge in [-0.3, -0.25) is 9.69 Å². The first kappa shape index (κ1) is 18.4. The van der Waals surface area contributed by atoms with Crippen molar-refractivity contribution >= 4 is 5.97 Å². The standard InChI is InChI=1S/C25H24FNO2/c1-2-29-25(28)24-21-14-27(15-22(21)24)23-11-9-18-12-17(8-10-20(18)23)7-6-16-4-3-5-19(26)13-16/h3-5,8,10,12-13,21-24H,2,9,11,14-15H2,1H3/t21-,22+,23?,24-. The highest BCUT2D eigenvalue weighted by Crippen LogP contribution is 2.55. The highest BCUT2D eigenvalue weighted by molar-refractivity contribution is 5.77. The Morgan fingerprint density at radius 2 is 1.90 bits per heavy atom. The minimum absolute atomic E-state index is 0.00418. The number of esters is 1. The van der Waals surface area contributed by atoms with E-state index in [1.807, 2.05) is 13.0 Å². The molecule has 0 bridgehead atoms. The number of piperidine rings is 1. The molecule has 0 N–H and O–H groups in total. The van der Waals surface area contributed by atoms with Gasteiger partial charge in [-0.2, -0.15) is 0 Å².